The van der Waals surface area contributed by atoms with E-state index in [1.165, 1.54) is 12.4 Å². The first-order valence-corrected chi connectivity index (χ1v) is 5.21. The summed E-state index contributed by atoms with van der Waals surface area (Å²) in [6, 6.07) is 3.46. The Morgan fingerprint density at radius 1 is 1.39 bits per heavy atom. The van der Waals surface area contributed by atoms with E-state index in [4.69, 9.17) is 5.84 Å². The van der Waals surface area contributed by atoms with Crippen LogP contribution in [0.2, 0.25) is 0 Å². The van der Waals surface area contributed by atoms with E-state index in [0.717, 1.165) is 5.69 Å². The number of hydrogen-bond acceptors (Lipinski definition) is 6. The number of nitrogen functional groups attached to an aromatic ring is 1. The molecule has 0 aromatic carbocycles. The van der Waals surface area contributed by atoms with Crippen LogP contribution in [-0.2, 0) is 0 Å². The van der Waals surface area contributed by atoms with Crippen LogP contribution in [0.25, 0.3) is 0 Å². The molecular formula is C11H12N6O. The molecule has 18 heavy (non-hydrogen) atoms. The van der Waals surface area contributed by atoms with Gasteiger partial charge in [-0.25, -0.2) is 10.8 Å². The lowest BCUT2D eigenvalue weighted by Gasteiger charge is -2.05. The van der Waals surface area contributed by atoms with Crippen LogP contribution in [0.15, 0.2) is 30.7 Å². The lowest BCUT2D eigenvalue weighted by atomic mass is 10.3. The van der Waals surface area contributed by atoms with E-state index < -0.39 is 0 Å². The van der Waals surface area contributed by atoms with Crippen molar-refractivity contribution in [2.45, 2.75) is 6.92 Å². The van der Waals surface area contributed by atoms with Gasteiger partial charge in [-0.2, -0.15) is 0 Å². The van der Waals surface area contributed by atoms with Gasteiger partial charge in [0.1, 0.15) is 5.69 Å². The number of carbonyl (C=O) groups is 1. The van der Waals surface area contributed by atoms with Crippen LogP contribution in [0.4, 0.5) is 11.5 Å². The normalized spacial score (nSPS) is 9.89. The second-order valence-electron chi connectivity index (χ2n) is 3.57. The number of aryl methyl sites for hydroxylation is 1. The molecule has 0 atom stereocenters. The highest BCUT2D eigenvalue weighted by Gasteiger charge is 2.09. The molecule has 0 spiro atoms. The first-order valence-electron chi connectivity index (χ1n) is 5.21. The summed E-state index contributed by atoms with van der Waals surface area (Å²) >= 11 is 0. The fraction of sp³-hybridized carbons (Fsp3) is 0.0909. The molecule has 2 rings (SSSR count). The van der Waals surface area contributed by atoms with Crippen molar-refractivity contribution in [1.29, 1.82) is 0 Å². The van der Waals surface area contributed by atoms with Crippen LogP contribution in [0, 0.1) is 6.92 Å². The molecule has 0 unspecified atom stereocenters. The number of hydrogen-bond donors (Lipinski definition) is 3. The van der Waals surface area contributed by atoms with Gasteiger partial charge in [-0.15, -0.1) is 0 Å². The van der Waals surface area contributed by atoms with Gasteiger partial charge in [0.2, 0.25) is 0 Å². The summed E-state index contributed by atoms with van der Waals surface area (Å²) in [5.74, 6) is 5.17. The Bertz CT molecular complexity index is 571. The fourth-order valence-corrected chi connectivity index (χ4v) is 1.36. The van der Waals surface area contributed by atoms with Crippen molar-refractivity contribution in [1.82, 2.24) is 15.0 Å². The first kappa shape index (κ1) is 11.9. The number of hydrazine groups is 1. The van der Waals surface area contributed by atoms with E-state index in [9.17, 15) is 4.79 Å². The molecule has 7 heteroatoms. The van der Waals surface area contributed by atoms with Crippen molar-refractivity contribution in [3.05, 3.63) is 42.1 Å². The first-order chi connectivity index (χ1) is 8.69. The maximum Gasteiger partial charge on any atom is 0.275 e. The highest BCUT2D eigenvalue weighted by atomic mass is 16.1. The van der Waals surface area contributed by atoms with Crippen LogP contribution < -0.4 is 16.6 Å². The molecule has 0 saturated carbocycles. The van der Waals surface area contributed by atoms with Crippen LogP contribution in [-0.4, -0.2) is 20.9 Å². The van der Waals surface area contributed by atoms with Crippen LogP contribution >= 0.6 is 0 Å². The van der Waals surface area contributed by atoms with Gasteiger partial charge in [-0.05, 0) is 19.1 Å². The summed E-state index contributed by atoms with van der Waals surface area (Å²) in [5, 5.41) is 2.70. The van der Waals surface area contributed by atoms with Gasteiger partial charge in [-0.1, -0.05) is 0 Å². The minimum Gasteiger partial charge on any atom is -0.320 e. The van der Waals surface area contributed by atoms with Crippen molar-refractivity contribution in [3.8, 4) is 0 Å². The topological polar surface area (TPSA) is 106 Å². The van der Waals surface area contributed by atoms with Crippen molar-refractivity contribution in [3.63, 3.8) is 0 Å². The SMILES string of the molecule is Cc1cc(NC(=O)c2cncc(NN)n2)ccn1. The van der Waals surface area contributed by atoms with Gasteiger partial charge >= 0.3 is 0 Å². The van der Waals surface area contributed by atoms with Gasteiger partial charge in [0.15, 0.2) is 5.82 Å². The van der Waals surface area contributed by atoms with E-state index in [2.05, 4.69) is 25.7 Å². The third-order valence-corrected chi connectivity index (χ3v) is 2.17. The van der Waals surface area contributed by atoms with Crippen LogP contribution in [0.5, 0.6) is 0 Å². The van der Waals surface area contributed by atoms with Gasteiger partial charge < -0.3 is 10.7 Å². The molecule has 1 amide bonds. The second-order valence-corrected chi connectivity index (χ2v) is 3.57. The Hall–Kier alpha value is -2.54. The molecule has 2 heterocycles. The van der Waals surface area contributed by atoms with E-state index in [-0.39, 0.29) is 11.6 Å². The van der Waals surface area contributed by atoms with E-state index >= 15 is 0 Å². The number of rotatable bonds is 3. The molecule has 0 fully saturated rings. The average molecular weight is 244 g/mol. The highest BCUT2D eigenvalue weighted by molar-refractivity contribution is 6.02. The number of anilines is 2. The number of nitrogens with one attached hydrogen (secondary N) is 2. The summed E-state index contributed by atoms with van der Waals surface area (Å²) in [5.41, 5.74) is 3.98. The average Bonchev–Trinajstić information content (AvgIpc) is 2.39. The van der Waals surface area contributed by atoms with E-state index in [1.807, 2.05) is 6.92 Å². The molecule has 0 aliphatic heterocycles. The van der Waals surface area contributed by atoms with Crippen LogP contribution in [0.1, 0.15) is 16.2 Å². The number of amides is 1. The number of aromatic nitrogens is 3. The lowest BCUT2D eigenvalue weighted by molar-refractivity contribution is 0.102. The van der Waals surface area contributed by atoms with Crippen molar-refractivity contribution in [2.24, 2.45) is 5.84 Å². The third-order valence-electron chi connectivity index (χ3n) is 2.17. The van der Waals surface area contributed by atoms with Crippen LogP contribution in [0.3, 0.4) is 0 Å². The fourth-order valence-electron chi connectivity index (χ4n) is 1.36. The van der Waals surface area contributed by atoms with E-state index in [0.29, 0.717) is 11.5 Å². The summed E-state index contributed by atoms with van der Waals surface area (Å²) in [4.78, 5) is 23.8. The summed E-state index contributed by atoms with van der Waals surface area (Å²) in [7, 11) is 0. The molecule has 4 N–H and O–H groups in total. The number of pyridine rings is 1. The maximum atomic E-state index is 11.9. The zero-order chi connectivity index (χ0) is 13.0. The van der Waals surface area contributed by atoms with Gasteiger partial charge in [-0.3, -0.25) is 14.8 Å². The monoisotopic (exact) mass is 244 g/mol. The molecule has 2 aromatic rings. The maximum absolute atomic E-state index is 11.9. The smallest absolute Gasteiger partial charge is 0.275 e. The largest absolute Gasteiger partial charge is 0.320 e. The summed E-state index contributed by atoms with van der Waals surface area (Å²) in [6.45, 7) is 1.84. The minimum absolute atomic E-state index is 0.180. The molecule has 92 valence electrons. The Morgan fingerprint density at radius 3 is 2.94 bits per heavy atom. The van der Waals surface area contributed by atoms with Gasteiger partial charge in [0.25, 0.3) is 5.91 Å². The molecule has 7 nitrogen and oxygen atoms in total. The quantitative estimate of drug-likeness (QED) is 0.542. The number of carbonyl (C=O) groups excluding carboxylic acids is 1. The van der Waals surface area contributed by atoms with E-state index in [1.54, 1.807) is 18.3 Å². The lowest BCUT2D eigenvalue weighted by Crippen LogP contribution is -2.16. The Labute approximate surface area is 103 Å². The zero-order valence-corrected chi connectivity index (χ0v) is 9.71. The predicted octanol–water partition coefficient (Wildman–Crippen LogP) is 0.718. The zero-order valence-electron chi connectivity index (χ0n) is 9.71. The highest BCUT2D eigenvalue weighted by Crippen LogP contribution is 2.09. The Kier molecular flexibility index (Phi) is 3.44. The molecule has 0 aliphatic carbocycles. The van der Waals surface area contributed by atoms with Crippen molar-refractivity contribution in [2.75, 3.05) is 10.7 Å². The predicted molar refractivity (Wildman–Crippen MR) is 66.8 cm³/mol. The van der Waals surface area contributed by atoms with Crippen molar-refractivity contribution >= 4 is 17.4 Å². The Balaban J connectivity index is 2.16. The molecule has 0 saturated heterocycles. The number of nitrogens with two attached hydrogens (primary N) is 1. The molecule has 0 radical (unpaired) electrons. The van der Waals surface area contributed by atoms with Gasteiger partial charge in [0.05, 0.1) is 12.4 Å². The molecule has 2 aromatic heterocycles. The standard InChI is InChI=1S/C11H12N6O/c1-7-4-8(2-3-14-7)15-11(18)9-5-13-6-10(16-9)17-12/h2-6H,12H2,1H3,(H,16,17)(H,14,15,18). The Morgan fingerprint density at radius 2 is 2.22 bits per heavy atom. The third kappa shape index (κ3) is 2.77. The summed E-state index contributed by atoms with van der Waals surface area (Å²) in [6.07, 6.45) is 4.41. The summed E-state index contributed by atoms with van der Waals surface area (Å²) < 4.78 is 0. The van der Waals surface area contributed by atoms with Crippen molar-refractivity contribution < 1.29 is 4.79 Å². The molecule has 0 bridgehead atoms. The molecular weight excluding hydrogens is 232 g/mol. The molecule has 0 aliphatic rings. The second kappa shape index (κ2) is 5.19. The number of nitrogens with zero attached hydrogens (tertiary/aromatic N) is 3. The minimum atomic E-state index is -0.356. The van der Waals surface area contributed by atoms with Gasteiger partial charge in [0, 0.05) is 17.6 Å².